The summed E-state index contributed by atoms with van der Waals surface area (Å²) >= 11 is 7.99. The number of anilines is 1. The van der Waals surface area contributed by atoms with E-state index in [0.717, 1.165) is 18.4 Å². The van der Waals surface area contributed by atoms with Crippen LogP contribution in [-0.4, -0.2) is 63.0 Å². The number of carbonyl (C=O) groups is 3. The number of aliphatic hydroxyl groups is 1. The molecule has 3 aliphatic heterocycles. The highest BCUT2D eigenvalue weighted by Crippen LogP contribution is 2.66. The van der Waals surface area contributed by atoms with E-state index in [2.05, 4.69) is 10.6 Å². The Labute approximate surface area is 204 Å². The first-order chi connectivity index (χ1) is 15.8. The van der Waals surface area contributed by atoms with E-state index in [1.54, 1.807) is 22.7 Å². The highest BCUT2D eigenvalue weighted by Gasteiger charge is 2.74. The first kappa shape index (κ1) is 24.4. The largest absolute Gasteiger partial charge is 0.394 e. The lowest BCUT2D eigenvalue weighted by Gasteiger charge is -2.36. The maximum absolute atomic E-state index is 13.8. The van der Waals surface area contributed by atoms with E-state index in [9.17, 15) is 19.5 Å². The number of nitrogens with one attached hydrogen (secondary N) is 2. The minimum absolute atomic E-state index is 0.0181. The third-order valence-corrected chi connectivity index (χ3v) is 9.65. The van der Waals surface area contributed by atoms with Crippen molar-refractivity contribution in [2.45, 2.75) is 68.5 Å². The van der Waals surface area contributed by atoms with Gasteiger partial charge in [0, 0.05) is 11.8 Å². The number of nitrogens with zero attached hydrogens (tertiary/aromatic N) is 1. The Balaban J connectivity index is 1.73. The zero-order valence-electron chi connectivity index (χ0n) is 19.3. The summed E-state index contributed by atoms with van der Waals surface area (Å²) in [6.07, 6.45) is 2.81. The quantitative estimate of drug-likeness (QED) is 0.517. The van der Waals surface area contributed by atoms with E-state index < -0.39 is 28.7 Å². The second kappa shape index (κ2) is 9.47. The fraction of sp³-hybridized carbons (Fsp3) is 0.625. The fourth-order valence-corrected chi connectivity index (χ4v) is 8.32. The van der Waals surface area contributed by atoms with Gasteiger partial charge in [-0.1, -0.05) is 37.6 Å². The molecule has 0 aromatic heterocycles. The maximum atomic E-state index is 13.8. The van der Waals surface area contributed by atoms with Gasteiger partial charge in [0.25, 0.3) is 0 Å². The number of para-hydroxylation sites is 1. The molecule has 1 aromatic rings. The molecule has 9 heteroatoms. The van der Waals surface area contributed by atoms with Gasteiger partial charge in [0.15, 0.2) is 0 Å². The first-order valence-corrected chi connectivity index (χ1v) is 13.0. The molecule has 0 aliphatic carbocycles. The van der Waals surface area contributed by atoms with Crippen LogP contribution in [0.15, 0.2) is 18.2 Å². The lowest BCUT2D eigenvalue weighted by molar-refractivity contribution is -0.142. The Morgan fingerprint density at radius 2 is 2.09 bits per heavy atom. The van der Waals surface area contributed by atoms with E-state index in [1.807, 2.05) is 32.9 Å². The normalized spacial score (nSPS) is 30.9. The molecule has 0 radical (unpaired) electrons. The van der Waals surface area contributed by atoms with E-state index in [0.29, 0.717) is 30.1 Å². The summed E-state index contributed by atoms with van der Waals surface area (Å²) in [5.74, 6) is -1.63. The van der Waals surface area contributed by atoms with Crippen LogP contribution >= 0.6 is 23.4 Å². The lowest BCUT2D eigenvalue weighted by atomic mass is 9.70. The number of hydrogen-bond acceptors (Lipinski definition) is 5. The number of halogens is 1. The van der Waals surface area contributed by atoms with Crippen LogP contribution in [0.1, 0.15) is 45.1 Å². The third-order valence-electron chi connectivity index (χ3n) is 7.38. The Morgan fingerprint density at radius 1 is 1.33 bits per heavy atom. The summed E-state index contributed by atoms with van der Waals surface area (Å²) < 4.78 is -0.683. The Morgan fingerprint density at radius 3 is 2.73 bits per heavy atom. The molecule has 3 heterocycles. The number of carbonyl (C=O) groups excluding carboxylic acids is 3. The van der Waals surface area contributed by atoms with Crippen LogP contribution < -0.4 is 10.6 Å². The predicted octanol–water partition coefficient (Wildman–Crippen LogP) is 2.98. The average Bonchev–Trinajstić information content (AvgIpc) is 3.43. The Kier molecular flexibility index (Phi) is 6.99. The van der Waals surface area contributed by atoms with Gasteiger partial charge >= 0.3 is 0 Å². The number of benzene rings is 1. The molecule has 180 valence electrons. The molecule has 1 aromatic carbocycles. The third kappa shape index (κ3) is 3.84. The van der Waals surface area contributed by atoms with Crippen molar-refractivity contribution in [3.05, 3.63) is 28.8 Å². The van der Waals surface area contributed by atoms with Gasteiger partial charge in [0.2, 0.25) is 17.7 Å². The summed E-state index contributed by atoms with van der Waals surface area (Å²) in [5, 5.41) is 16.5. The topological polar surface area (TPSA) is 98.7 Å². The lowest BCUT2D eigenvalue weighted by Crippen LogP contribution is -2.54. The van der Waals surface area contributed by atoms with Crippen LogP contribution in [0.5, 0.6) is 0 Å². The van der Waals surface area contributed by atoms with Crippen LogP contribution in [0, 0.1) is 18.8 Å². The van der Waals surface area contributed by atoms with Crippen molar-refractivity contribution in [2.24, 2.45) is 11.8 Å². The monoisotopic (exact) mass is 493 g/mol. The summed E-state index contributed by atoms with van der Waals surface area (Å²) in [6.45, 7) is 6.08. The summed E-state index contributed by atoms with van der Waals surface area (Å²) in [7, 11) is 0. The van der Waals surface area contributed by atoms with Crippen molar-refractivity contribution in [3.8, 4) is 0 Å². The maximum Gasteiger partial charge on any atom is 0.248 e. The Hall–Kier alpha value is -1.77. The number of thioether (sulfide) groups is 1. The highest BCUT2D eigenvalue weighted by molar-refractivity contribution is 8.02. The molecule has 3 aliphatic rings. The van der Waals surface area contributed by atoms with Gasteiger partial charge < -0.3 is 20.6 Å². The van der Waals surface area contributed by atoms with Crippen LogP contribution in [0.25, 0.3) is 0 Å². The summed E-state index contributed by atoms with van der Waals surface area (Å²) in [4.78, 5) is 42.3. The molecule has 33 heavy (non-hydrogen) atoms. The highest BCUT2D eigenvalue weighted by atomic mass is 35.5. The van der Waals surface area contributed by atoms with E-state index in [-0.39, 0.29) is 29.6 Å². The number of aliphatic hydroxyl groups excluding tert-OH is 1. The number of rotatable bonds is 8. The number of hydrogen-bond donors (Lipinski definition) is 3. The molecule has 6 atom stereocenters. The van der Waals surface area contributed by atoms with Crippen molar-refractivity contribution in [2.75, 3.05) is 18.5 Å². The standard InChI is InChI=1S/C24H32ClN3O4S/c1-4-11-26-21(30)17-16-9-10-24(33-16)18(17)23(32)28(14(5-2)12-29)20(24)22(31)27-19-13(3)7-6-8-15(19)25/h6-8,14,16-18,20,29H,4-5,9-12H2,1-3H3,(H,26,30)(H,27,31)/t14-,16+,17-,18-,20?,24?/m0/s1. The molecule has 0 saturated carbocycles. The van der Waals surface area contributed by atoms with Crippen LogP contribution in [-0.2, 0) is 14.4 Å². The minimum atomic E-state index is -0.776. The number of fused-ring (bicyclic) bond motifs is 1. The van der Waals surface area contributed by atoms with Crippen molar-refractivity contribution in [1.29, 1.82) is 0 Å². The van der Waals surface area contributed by atoms with Crippen molar-refractivity contribution < 1.29 is 19.5 Å². The van der Waals surface area contributed by atoms with Gasteiger partial charge in [-0.2, -0.15) is 0 Å². The molecule has 3 amide bonds. The molecule has 2 unspecified atom stereocenters. The van der Waals surface area contributed by atoms with E-state index in [1.165, 1.54) is 0 Å². The van der Waals surface area contributed by atoms with Gasteiger partial charge in [-0.3, -0.25) is 14.4 Å². The molecule has 3 fully saturated rings. The molecular formula is C24H32ClN3O4S. The zero-order valence-corrected chi connectivity index (χ0v) is 20.8. The van der Waals surface area contributed by atoms with Gasteiger partial charge in [0.1, 0.15) is 6.04 Å². The average molecular weight is 494 g/mol. The van der Waals surface area contributed by atoms with Gasteiger partial charge in [-0.15, -0.1) is 11.8 Å². The molecule has 2 bridgehead atoms. The van der Waals surface area contributed by atoms with Crippen molar-refractivity contribution in [1.82, 2.24) is 10.2 Å². The van der Waals surface area contributed by atoms with Gasteiger partial charge in [-0.05, 0) is 44.2 Å². The Bertz CT molecular complexity index is 935. The van der Waals surface area contributed by atoms with Crippen molar-refractivity contribution in [3.63, 3.8) is 0 Å². The molecule has 3 saturated heterocycles. The van der Waals surface area contributed by atoms with Crippen molar-refractivity contribution >= 4 is 46.8 Å². The molecule has 1 spiro atoms. The van der Waals surface area contributed by atoms with Crippen LogP contribution in [0.2, 0.25) is 5.02 Å². The van der Waals surface area contributed by atoms with Crippen LogP contribution in [0.4, 0.5) is 5.69 Å². The first-order valence-electron chi connectivity index (χ1n) is 11.7. The molecular weight excluding hydrogens is 462 g/mol. The second-order valence-corrected chi connectivity index (χ2v) is 11.3. The molecule has 4 rings (SSSR count). The number of aryl methyl sites for hydroxylation is 1. The summed E-state index contributed by atoms with van der Waals surface area (Å²) in [6, 6.07) is 4.14. The minimum Gasteiger partial charge on any atom is -0.394 e. The second-order valence-electron chi connectivity index (χ2n) is 9.26. The van der Waals surface area contributed by atoms with E-state index >= 15 is 0 Å². The molecule has 3 N–H and O–H groups in total. The number of amides is 3. The SMILES string of the molecule is CCCNC(=O)[C@@H]1[C@H]2C(=O)N([C@@H](CC)CO)C(C(=O)Nc3c(C)cccc3Cl)C23CC[C@H]1S3. The van der Waals surface area contributed by atoms with Gasteiger partial charge in [-0.25, -0.2) is 0 Å². The fourth-order valence-electron chi connectivity index (χ4n) is 5.85. The predicted molar refractivity (Wildman–Crippen MR) is 130 cm³/mol. The number of likely N-dealkylation sites (tertiary alicyclic amines) is 1. The zero-order chi connectivity index (χ0) is 23.9. The van der Waals surface area contributed by atoms with Crippen LogP contribution in [0.3, 0.4) is 0 Å². The summed E-state index contributed by atoms with van der Waals surface area (Å²) in [5.41, 5.74) is 1.36. The van der Waals surface area contributed by atoms with E-state index in [4.69, 9.17) is 11.6 Å². The van der Waals surface area contributed by atoms with Gasteiger partial charge in [0.05, 0.1) is 39.9 Å². The smallest absolute Gasteiger partial charge is 0.248 e. The molecule has 7 nitrogen and oxygen atoms in total.